The van der Waals surface area contributed by atoms with Crippen LogP contribution >= 0.6 is 0 Å². The van der Waals surface area contributed by atoms with Crippen molar-refractivity contribution in [1.82, 2.24) is 5.01 Å². The Morgan fingerprint density at radius 2 is 1.81 bits per heavy atom. The second-order valence-corrected chi connectivity index (χ2v) is 7.84. The molecule has 3 heterocycles. The smallest absolute Gasteiger partial charge is 0.337 e. The van der Waals surface area contributed by atoms with Crippen LogP contribution in [0.15, 0.2) is 71.8 Å². The summed E-state index contributed by atoms with van der Waals surface area (Å²) in [5.41, 5.74) is 4.47. The van der Waals surface area contributed by atoms with Gasteiger partial charge in [-0.1, -0.05) is 30.3 Å². The van der Waals surface area contributed by atoms with Crippen LogP contribution in [0.5, 0.6) is 17.2 Å². The summed E-state index contributed by atoms with van der Waals surface area (Å²) in [5.74, 6) is 1.97. The number of methoxy groups -OCH3 is 1. The summed E-state index contributed by atoms with van der Waals surface area (Å²) in [6.45, 7) is 0.241. The first-order valence-electron chi connectivity index (χ1n) is 10.4. The monoisotopic (exact) mass is 428 g/mol. The Kier molecular flexibility index (Phi) is 4.28. The lowest BCUT2D eigenvalue weighted by Crippen LogP contribution is -2.33. The Hall–Kier alpha value is -4.00. The van der Waals surface area contributed by atoms with E-state index < -0.39 is 6.23 Å². The van der Waals surface area contributed by atoms with Crippen LogP contribution in [0.25, 0.3) is 0 Å². The Bertz CT molecular complexity index is 1240. The largest absolute Gasteiger partial charge is 0.465 e. The molecule has 7 heteroatoms. The van der Waals surface area contributed by atoms with Gasteiger partial charge in [0.05, 0.1) is 24.4 Å². The van der Waals surface area contributed by atoms with Gasteiger partial charge in [-0.25, -0.2) is 9.80 Å². The van der Waals surface area contributed by atoms with Crippen LogP contribution in [0.2, 0.25) is 0 Å². The number of carbonyl (C=O) groups excluding carboxylic acids is 1. The van der Waals surface area contributed by atoms with E-state index in [1.54, 1.807) is 12.1 Å². The van der Waals surface area contributed by atoms with Gasteiger partial charge < -0.3 is 18.9 Å². The van der Waals surface area contributed by atoms with Gasteiger partial charge in [0.25, 0.3) is 0 Å². The number of fused-ring (bicyclic) bond motifs is 4. The quantitative estimate of drug-likeness (QED) is 0.575. The van der Waals surface area contributed by atoms with Crippen molar-refractivity contribution in [1.29, 1.82) is 0 Å². The SMILES string of the molecule is COC(=O)c1ccc([C@@H]2Oc3ccccc3[C@@H]3CC(c4ccc5c(c4)OCO5)=NN32)cc1. The standard InChI is InChI=1S/C25H20N2O5/c1-29-25(28)16-8-6-15(7-9-16)24-27-20(18-4-2-3-5-21(18)32-24)13-19(26-27)17-10-11-22-23(12-17)31-14-30-22/h2-12,20,24H,13-14H2,1H3/t20-,24-/m0/s1. The highest BCUT2D eigenvalue weighted by molar-refractivity contribution is 6.02. The highest BCUT2D eigenvalue weighted by Gasteiger charge is 2.41. The maximum atomic E-state index is 11.8. The van der Waals surface area contributed by atoms with Gasteiger partial charge in [0, 0.05) is 23.1 Å². The molecule has 3 aromatic carbocycles. The molecule has 3 aliphatic rings. The molecular weight excluding hydrogens is 408 g/mol. The van der Waals surface area contributed by atoms with Crippen LogP contribution in [0.4, 0.5) is 0 Å². The van der Waals surface area contributed by atoms with Crippen molar-refractivity contribution in [2.24, 2.45) is 5.10 Å². The van der Waals surface area contributed by atoms with E-state index >= 15 is 0 Å². The predicted molar refractivity (Wildman–Crippen MR) is 116 cm³/mol. The van der Waals surface area contributed by atoms with Crippen LogP contribution in [0, 0.1) is 0 Å². The summed E-state index contributed by atoms with van der Waals surface area (Å²) in [4.78, 5) is 11.8. The maximum absolute atomic E-state index is 11.8. The summed E-state index contributed by atoms with van der Waals surface area (Å²) in [5, 5.41) is 6.98. The van der Waals surface area contributed by atoms with Gasteiger partial charge >= 0.3 is 5.97 Å². The first kappa shape index (κ1) is 18.7. The lowest BCUT2D eigenvalue weighted by atomic mass is 9.95. The van der Waals surface area contributed by atoms with Crippen molar-refractivity contribution in [3.8, 4) is 17.2 Å². The number of carbonyl (C=O) groups is 1. The number of hydrogen-bond donors (Lipinski definition) is 0. The van der Waals surface area contributed by atoms with E-state index in [0.29, 0.717) is 5.56 Å². The lowest BCUT2D eigenvalue weighted by Gasteiger charge is -2.38. The van der Waals surface area contributed by atoms with Crippen molar-refractivity contribution in [2.45, 2.75) is 18.7 Å². The van der Waals surface area contributed by atoms with E-state index in [0.717, 1.165) is 46.1 Å². The Labute approximate surface area is 184 Å². The maximum Gasteiger partial charge on any atom is 0.337 e. The van der Waals surface area contributed by atoms with Gasteiger partial charge in [-0.2, -0.15) is 5.10 Å². The predicted octanol–water partition coefficient (Wildman–Crippen LogP) is 4.44. The fourth-order valence-electron chi connectivity index (χ4n) is 4.41. The molecule has 3 aromatic rings. The molecule has 0 unspecified atom stereocenters. The van der Waals surface area contributed by atoms with Crippen LogP contribution in [0.3, 0.4) is 0 Å². The fraction of sp³-hybridized carbons (Fsp3) is 0.200. The van der Waals surface area contributed by atoms with Crippen molar-refractivity contribution in [3.05, 3.63) is 89.0 Å². The molecule has 0 radical (unpaired) electrons. The second-order valence-electron chi connectivity index (χ2n) is 7.84. The van der Waals surface area contributed by atoms with Crippen molar-refractivity contribution < 1.29 is 23.7 Å². The molecule has 3 aliphatic heterocycles. The summed E-state index contributed by atoms with van der Waals surface area (Å²) in [6, 6.07) is 21.3. The van der Waals surface area contributed by atoms with Crippen molar-refractivity contribution in [3.63, 3.8) is 0 Å². The molecule has 0 N–H and O–H groups in total. The molecule has 0 amide bonds. The number of rotatable bonds is 3. The van der Waals surface area contributed by atoms with E-state index in [-0.39, 0.29) is 18.8 Å². The van der Waals surface area contributed by atoms with Crippen molar-refractivity contribution in [2.75, 3.05) is 13.9 Å². The average molecular weight is 428 g/mol. The molecule has 0 fully saturated rings. The number of benzene rings is 3. The van der Waals surface area contributed by atoms with E-state index in [1.807, 2.05) is 53.5 Å². The van der Waals surface area contributed by atoms with Crippen LogP contribution in [-0.4, -0.2) is 30.6 Å². The summed E-state index contributed by atoms with van der Waals surface area (Å²) in [7, 11) is 1.37. The van der Waals surface area contributed by atoms with E-state index in [9.17, 15) is 4.79 Å². The number of hydrogen-bond acceptors (Lipinski definition) is 7. The number of nitrogens with zero attached hydrogens (tertiary/aromatic N) is 2. The van der Waals surface area contributed by atoms with Gasteiger partial charge in [0.2, 0.25) is 13.0 Å². The first-order valence-corrected chi connectivity index (χ1v) is 10.4. The lowest BCUT2D eigenvalue weighted by molar-refractivity contribution is -0.0190. The number of esters is 1. The third-order valence-corrected chi connectivity index (χ3v) is 6.02. The van der Waals surface area contributed by atoms with Crippen LogP contribution < -0.4 is 14.2 Å². The first-order chi connectivity index (χ1) is 15.7. The molecule has 0 bridgehead atoms. The zero-order valence-electron chi connectivity index (χ0n) is 17.4. The van der Waals surface area contributed by atoms with E-state index in [1.165, 1.54) is 7.11 Å². The van der Waals surface area contributed by atoms with Gasteiger partial charge in [0.1, 0.15) is 5.75 Å². The van der Waals surface area contributed by atoms with Gasteiger partial charge in [-0.05, 0) is 36.4 Å². The second kappa shape index (κ2) is 7.30. The molecule has 0 aliphatic carbocycles. The molecule has 32 heavy (non-hydrogen) atoms. The summed E-state index contributed by atoms with van der Waals surface area (Å²) in [6.07, 6.45) is 0.338. The molecule has 0 aromatic heterocycles. The van der Waals surface area contributed by atoms with Gasteiger partial charge in [-0.15, -0.1) is 0 Å². The number of para-hydroxylation sites is 1. The minimum absolute atomic E-state index is 0.0469. The van der Waals surface area contributed by atoms with Gasteiger partial charge in [-0.3, -0.25) is 0 Å². The Morgan fingerprint density at radius 1 is 1.00 bits per heavy atom. The molecule has 7 nitrogen and oxygen atoms in total. The van der Waals surface area contributed by atoms with E-state index in [2.05, 4.69) is 6.07 Å². The van der Waals surface area contributed by atoms with Gasteiger partial charge in [0.15, 0.2) is 11.5 Å². The minimum Gasteiger partial charge on any atom is -0.465 e. The van der Waals surface area contributed by atoms with E-state index in [4.69, 9.17) is 24.0 Å². The third-order valence-electron chi connectivity index (χ3n) is 6.02. The zero-order chi connectivity index (χ0) is 21.7. The molecule has 0 saturated heterocycles. The van der Waals surface area contributed by atoms with Crippen molar-refractivity contribution >= 4 is 11.7 Å². The van der Waals surface area contributed by atoms with Crippen LogP contribution in [-0.2, 0) is 4.74 Å². The normalized spacial score (nSPS) is 20.2. The Balaban J connectivity index is 1.39. The fourth-order valence-corrected chi connectivity index (χ4v) is 4.41. The third kappa shape index (κ3) is 2.97. The topological polar surface area (TPSA) is 69.6 Å². The minimum atomic E-state index is -0.409. The summed E-state index contributed by atoms with van der Waals surface area (Å²) < 4.78 is 22.2. The molecular formula is C25H20N2O5. The number of ether oxygens (including phenoxy) is 4. The zero-order valence-corrected chi connectivity index (χ0v) is 17.4. The molecule has 2 atom stereocenters. The molecule has 0 saturated carbocycles. The molecule has 6 rings (SSSR count). The molecule has 160 valence electrons. The van der Waals surface area contributed by atoms with Crippen LogP contribution in [0.1, 0.15) is 45.7 Å². The highest BCUT2D eigenvalue weighted by Crippen LogP contribution is 2.47. The Morgan fingerprint density at radius 3 is 2.66 bits per heavy atom. The highest BCUT2D eigenvalue weighted by atomic mass is 16.7. The number of hydrazone groups is 1. The summed E-state index contributed by atoms with van der Waals surface area (Å²) >= 11 is 0. The average Bonchev–Trinajstić information content (AvgIpc) is 3.50. The molecule has 0 spiro atoms.